The van der Waals surface area contributed by atoms with Crippen molar-refractivity contribution in [1.29, 1.82) is 0 Å². The Morgan fingerprint density at radius 3 is 2.65 bits per heavy atom. The lowest BCUT2D eigenvalue weighted by molar-refractivity contribution is -0.126. The van der Waals surface area contributed by atoms with Gasteiger partial charge in [0.2, 0.25) is 5.91 Å². The van der Waals surface area contributed by atoms with Crippen molar-refractivity contribution in [2.24, 2.45) is 5.92 Å². The van der Waals surface area contributed by atoms with Crippen LogP contribution >= 0.6 is 22.7 Å². The molecule has 0 unspecified atom stereocenters. The summed E-state index contributed by atoms with van der Waals surface area (Å²) < 4.78 is 27.2. The van der Waals surface area contributed by atoms with Crippen molar-refractivity contribution in [3.8, 4) is 0 Å². The van der Waals surface area contributed by atoms with Gasteiger partial charge >= 0.3 is 0 Å². The molecular formula is C21H27N3O4S3. The summed E-state index contributed by atoms with van der Waals surface area (Å²) in [6.07, 6.45) is 7.97. The summed E-state index contributed by atoms with van der Waals surface area (Å²) >= 11 is 2.68. The number of nitrogens with one attached hydrogen (secondary N) is 2. The number of nitrogens with zero attached hydrogens (tertiary/aromatic N) is 1. The van der Waals surface area contributed by atoms with Crippen LogP contribution in [0.3, 0.4) is 0 Å². The summed E-state index contributed by atoms with van der Waals surface area (Å²) in [4.78, 5) is 27.1. The van der Waals surface area contributed by atoms with Crippen LogP contribution in [0.1, 0.15) is 58.6 Å². The van der Waals surface area contributed by atoms with Gasteiger partial charge in [-0.25, -0.2) is 8.42 Å². The number of sulfonamides is 1. The van der Waals surface area contributed by atoms with Gasteiger partial charge in [0, 0.05) is 18.0 Å². The molecule has 0 aromatic carbocycles. The maximum absolute atomic E-state index is 12.7. The average molecular weight is 482 g/mol. The fourth-order valence-corrected chi connectivity index (χ4v) is 7.97. The molecule has 0 saturated carbocycles. The number of piperidine rings is 1. The van der Waals surface area contributed by atoms with E-state index in [2.05, 4.69) is 10.9 Å². The normalized spacial score (nSPS) is 20.3. The smallest absolute Gasteiger partial charge is 0.273 e. The van der Waals surface area contributed by atoms with Crippen LogP contribution in [-0.2, 0) is 27.7 Å². The van der Waals surface area contributed by atoms with Crippen LogP contribution in [0.25, 0.3) is 0 Å². The number of carbonyl (C=O) groups excluding carboxylic acids is 2. The van der Waals surface area contributed by atoms with Gasteiger partial charge in [-0.15, -0.1) is 22.7 Å². The van der Waals surface area contributed by atoms with Crippen LogP contribution in [0, 0.1) is 5.92 Å². The van der Waals surface area contributed by atoms with Crippen LogP contribution in [-0.4, -0.2) is 37.6 Å². The van der Waals surface area contributed by atoms with E-state index in [1.54, 1.807) is 17.5 Å². The fraction of sp³-hybridized carbons (Fsp3) is 0.524. The van der Waals surface area contributed by atoms with Crippen LogP contribution in [0.2, 0.25) is 0 Å². The molecule has 7 nitrogen and oxygen atoms in total. The summed E-state index contributed by atoms with van der Waals surface area (Å²) in [6, 6.07) is 5.23. The Hall–Kier alpha value is -1.75. The van der Waals surface area contributed by atoms with Crippen molar-refractivity contribution in [3.63, 3.8) is 0 Å². The lowest BCUT2D eigenvalue weighted by atomic mass is 9.99. The highest BCUT2D eigenvalue weighted by molar-refractivity contribution is 7.91. The SMILES string of the molecule is O=C(NNC(=O)[C@@H]1CCCN(S(=O)(=O)c2cccs2)C1)c1cc2c(s1)CCCCCC2. The molecule has 1 saturated heterocycles. The molecule has 2 N–H and O–H groups in total. The highest BCUT2D eigenvalue weighted by Gasteiger charge is 2.34. The van der Waals surface area contributed by atoms with Crippen molar-refractivity contribution in [1.82, 2.24) is 15.2 Å². The largest absolute Gasteiger partial charge is 0.279 e. The summed E-state index contributed by atoms with van der Waals surface area (Å²) in [5.74, 6) is -1.16. The number of carbonyl (C=O) groups is 2. The van der Waals surface area contributed by atoms with E-state index in [4.69, 9.17) is 0 Å². The van der Waals surface area contributed by atoms with Crippen LogP contribution in [0.15, 0.2) is 27.8 Å². The van der Waals surface area contributed by atoms with Gasteiger partial charge in [-0.2, -0.15) is 4.31 Å². The van der Waals surface area contributed by atoms with Gasteiger partial charge in [-0.1, -0.05) is 18.9 Å². The summed E-state index contributed by atoms with van der Waals surface area (Å²) in [7, 11) is -3.58. The quantitative estimate of drug-likeness (QED) is 0.655. The first-order valence-electron chi connectivity index (χ1n) is 10.7. The van der Waals surface area contributed by atoms with E-state index in [0.29, 0.717) is 24.3 Å². The molecule has 10 heteroatoms. The number of hydrogen-bond donors (Lipinski definition) is 2. The zero-order valence-electron chi connectivity index (χ0n) is 17.3. The first-order valence-corrected chi connectivity index (χ1v) is 13.8. The Morgan fingerprint density at radius 2 is 1.87 bits per heavy atom. The predicted octanol–water partition coefficient (Wildman–Crippen LogP) is 3.33. The van der Waals surface area contributed by atoms with Gasteiger partial charge in [0.1, 0.15) is 4.21 Å². The second-order valence-corrected chi connectivity index (χ2v) is 12.3. The second-order valence-electron chi connectivity index (χ2n) is 8.05. The summed E-state index contributed by atoms with van der Waals surface area (Å²) in [6.45, 7) is 0.520. The maximum Gasteiger partial charge on any atom is 0.279 e. The summed E-state index contributed by atoms with van der Waals surface area (Å²) in [5, 5.41) is 1.72. The minimum Gasteiger partial charge on any atom is -0.273 e. The number of fused-ring (bicyclic) bond motifs is 1. The minimum atomic E-state index is -3.58. The predicted molar refractivity (Wildman–Crippen MR) is 122 cm³/mol. The first kappa shape index (κ1) is 22.4. The zero-order chi connectivity index (χ0) is 21.8. The van der Waals surface area contributed by atoms with Gasteiger partial charge in [-0.05, 0) is 61.6 Å². The second kappa shape index (κ2) is 9.81. The lowest BCUT2D eigenvalue weighted by Crippen LogP contribution is -2.49. The molecule has 0 bridgehead atoms. The average Bonchev–Trinajstić information content (AvgIpc) is 3.43. The zero-order valence-corrected chi connectivity index (χ0v) is 19.7. The van der Waals surface area contributed by atoms with Crippen molar-refractivity contribution in [3.05, 3.63) is 38.9 Å². The van der Waals surface area contributed by atoms with E-state index in [-0.39, 0.29) is 22.6 Å². The van der Waals surface area contributed by atoms with Gasteiger partial charge in [0.25, 0.3) is 15.9 Å². The standard InChI is InChI=1S/C21H27N3O4S3/c25-20(16-8-5-11-24(14-16)31(27,28)19-10-6-12-29-19)22-23-21(26)18-13-15-7-3-1-2-4-9-17(15)30-18/h6,10,12-13,16H,1-5,7-9,11,14H2,(H,22,25)(H,23,26)/t16-/m1/s1. The molecule has 168 valence electrons. The molecule has 4 rings (SSSR count). The summed E-state index contributed by atoms with van der Waals surface area (Å²) in [5.41, 5.74) is 6.29. The van der Waals surface area contributed by atoms with Crippen LogP contribution < -0.4 is 10.9 Å². The Balaban J connectivity index is 1.34. The van der Waals surface area contributed by atoms with E-state index in [1.165, 1.54) is 50.3 Å². The molecular weight excluding hydrogens is 454 g/mol. The third-order valence-electron chi connectivity index (χ3n) is 5.86. The third kappa shape index (κ3) is 5.19. The molecule has 1 fully saturated rings. The van der Waals surface area contributed by atoms with Gasteiger partial charge in [-0.3, -0.25) is 20.4 Å². The number of rotatable bonds is 4. The number of thiophene rings is 2. The van der Waals surface area contributed by atoms with Gasteiger partial charge < -0.3 is 0 Å². The van der Waals surface area contributed by atoms with Crippen molar-refractivity contribution < 1.29 is 18.0 Å². The van der Waals surface area contributed by atoms with E-state index in [1.807, 2.05) is 6.07 Å². The van der Waals surface area contributed by atoms with Crippen molar-refractivity contribution >= 4 is 44.5 Å². The highest BCUT2D eigenvalue weighted by Crippen LogP contribution is 2.29. The Morgan fingerprint density at radius 1 is 1.06 bits per heavy atom. The van der Waals surface area contributed by atoms with Gasteiger partial charge in [0.05, 0.1) is 10.8 Å². The number of hydrazine groups is 1. The third-order valence-corrected chi connectivity index (χ3v) is 10.3. The molecule has 2 aromatic heterocycles. The number of hydrogen-bond acceptors (Lipinski definition) is 6. The molecule has 1 atom stereocenters. The maximum atomic E-state index is 12.7. The van der Waals surface area contributed by atoms with E-state index in [0.717, 1.165) is 25.7 Å². The topological polar surface area (TPSA) is 95.6 Å². The highest BCUT2D eigenvalue weighted by atomic mass is 32.2. The Kier molecular flexibility index (Phi) is 7.10. The molecule has 1 aliphatic heterocycles. The monoisotopic (exact) mass is 481 g/mol. The van der Waals surface area contributed by atoms with E-state index in [9.17, 15) is 18.0 Å². The molecule has 0 spiro atoms. The molecule has 1 aliphatic carbocycles. The van der Waals surface area contributed by atoms with Crippen molar-refractivity contribution in [2.75, 3.05) is 13.1 Å². The molecule has 2 aliphatic rings. The molecule has 0 radical (unpaired) electrons. The van der Waals surface area contributed by atoms with E-state index >= 15 is 0 Å². The van der Waals surface area contributed by atoms with Crippen LogP contribution in [0.4, 0.5) is 0 Å². The number of aryl methyl sites for hydroxylation is 2. The number of amides is 2. The van der Waals surface area contributed by atoms with E-state index < -0.39 is 15.9 Å². The van der Waals surface area contributed by atoms with Gasteiger partial charge in [0.15, 0.2) is 0 Å². The molecule has 31 heavy (non-hydrogen) atoms. The lowest BCUT2D eigenvalue weighted by Gasteiger charge is -2.30. The van der Waals surface area contributed by atoms with Crippen LogP contribution in [0.5, 0.6) is 0 Å². The Bertz CT molecular complexity index is 1000. The first-order chi connectivity index (χ1) is 14.9. The Labute approximate surface area is 190 Å². The molecule has 3 heterocycles. The molecule has 2 amide bonds. The minimum absolute atomic E-state index is 0.120. The van der Waals surface area contributed by atoms with Crippen molar-refractivity contribution in [2.45, 2.75) is 55.6 Å². The molecule has 2 aromatic rings. The fourth-order valence-electron chi connectivity index (χ4n) is 4.15.